The van der Waals surface area contributed by atoms with Crippen LogP contribution in [0.15, 0.2) is 30.5 Å². The van der Waals surface area contributed by atoms with Crippen LogP contribution in [-0.2, 0) is 4.52 Å². The molecule has 110 valence electrons. The second-order valence-corrected chi connectivity index (χ2v) is 7.40. The summed E-state index contributed by atoms with van der Waals surface area (Å²) >= 11 is 0. The molecule has 0 aliphatic heterocycles. The van der Waals surface area contributed by atoms with Gasteiger partial charge in [0.15, 0.2) is 0 Å². The SMILES string of the molecule is CC(C)O[PH](O)(O)c1c[n+](C(C)C)nc2ccccc12. The summed E-state index contributed by atoms with van der Waals surface area (Å²) in [5, 5.41) is 5.65. The Morgan fingerprint density at radius 1 is 1.15 bits per heavy atom. The maximum absolute atomic E-state index is 10.4. The zero-order valence-corrected chi connectivity index (χ0v) is 13.2. The van der Waals surface area contributed by atoms with Crippen molar-refractivity contribution in [3.63, 3.8) is 0 Å². The fourth-order valence-electron chi connectivity index (χ4n) is 2.06. The number of aromatic nitrogens is 2. The van der Waals surface area contributed by atoms with Crippen LogP contribution in [0.25, 0.3) is 10.9 Å². The summed E-state index contributed by atoms with van der Waals surface area (Å²) in [5.41, 5.74) is 0.728. The van der Waals surface area contributed by atoms with E-state index >= 15 is 0 Å². The Kier molecular flexibility index (Phi) is 4.35. The molecule has 0 bridgehead atoms. The molecule has 0 fully saturated rings. The Bertz CT molecular complexity index is 614. The Hall–Kier alpha value is -1.13. The molecule has 6 heteroatoms. The van der Waals surface area contributed by atoms with Crippen LogP contribution in [0.5, 0.6) is 0 Å². The van der Waals surface area contributed by atoms with Crippen molar-refractivity contribution in [1.29, 1.82) is 0 Å². The molecular formula is C14H22N2O3P+. The summed E-state index contributed by atoms with van der Waals surface area (Å²) in [6.45, 7) is 7.56. The zero-order valence-electron chi connectivity index (χ0n) is 12.2. The van der Waals surface area contributed by atoms with Gasteiger partial charge in [-0.25, -0.2) is 0 Å². The first-order valence-electron chi connectivity index (χ1n) is 6.75. The molecule has 2 aromatic rings. The van der Waals surface area contributed by atoms with E-state index in [0.29, 0.717) is 5.30 Å². The molecule has 0 unspecified atom stereocenters. The first-order valence-corrected chi connectivity index (χ1v) is 8.56. The van der Waals surface area contributed by atoms with E-state index in [4.69, 9.17) is 4.52 Å². The predicted octanol–water partition coefficient (Wildman–Crippen LogP) is 1.63. The fourth-order valence-corrected chi connectivity index (χ4v) is 3.71. The summed E-state index contributed by atoms with van der Waals surface area (Å²) in [5.74, 6) is 0. The van der Waals surface area contributed by atoms with E-state index in [1.807, 2.05) is 38.1 Å². The van der Waals surface area contributed by atoms with E-state index in [1.54, 1.807) is 24.7 Å². The van der Waals surface area contributed by atoms with Gasteiger partial charge in [0.2, 0.25) is 0 Å². The van der Waals surface area contributed by atoms with Gasteiger partial charge in [-0.05, 0) is 0 Å². The van der Waals surface area contributed by atoms with E-state index in [1.165, 1.54) is 0 Å². The van der Waals surface area contributed by atoms with Gasteiger partial charge < -0.3 is 0 Å². The van der Waals surface area contributed by atoms with Gasteiger partial charge in [0.05, 0.1) is 0 Å². The van der Waals surface area contributed by atoms with Crippen molar-refractivity contribution in [2.75, 3.05) is 0 Å². The van der Waals surface area contributed by atoms with E-state index in [0.717, 1.165) is 10.9 Å². The van der Waals surface area contributed by atoms with Crippen LogP contribution in [0.3, 0.4) is 0 Å². The average molecular weight is 297 g/mol. The number of rotatable bonds is 4. The molecule has 0 radical (unpaired) electrons. The molecule has 1 aromatic carbocycles. The van der Waals surface area contributed by atoms with Crippen molar-refractivity contribution in [1.82, 2.24) is 5.10 Å². The fraction of sp³-hybridized carbons (Fsp3) is 0.429. The normalized spacial score (nSPS) is 13.4. The van der Waals surface area contributed by atoms with Gasteiger partial charge in [-0.3, -0.25) is 0 Å². The van der Waals surface area contributed by atoms with Crippen LogP contribution < -0.4 is 9.99 Å². The molecule has 1 aromatic heterocycles. The van der Waals surface area contributed by atoms with E-state index < -0.39 is 7.94 Å². The Balaban J connectivity index is 2.66. The van der Waals surface area contributed by atoms with Crippen molar-refractivity contribution in [2.24, 2.45) is 0 Å². The summed E-state index contributed by atoms with van der Waals surface area (Å²) in [4.78, 5) is 20.8. The Morgan fingerprint density at radius 2 is 1.80 bits per heavy atom. The third-order valence-electron chi connectivity index (χ3n) is 2.96. The van der Waals surface area contributed by atoms with Crippen molar-refractivity contribution >= 4 is 24.2 Å². The third kappa shape index (κ3) is 3.13. The van der Waals surface area contributed by atoms with Gasteiger partial charge in [0, 0.05) is 0 Å². The second kappa shape index (κ2) is 5.70. The number of hydrogen-bond acceptors (Lipinski definition) is 4. The minimum absolute atomic E-state index is 0.127. The van der Waals surface area contributed by atoms with Gasteiger partial charge >= 0.3 is 119 Å². The van der Waals surface area contributed by atoms with Crippen LogP contribution in [0.2, 0.25) is 0 Å². The molecule has 0 amide bonds. The van der Waals surface area contributed by atoms with Crippen molar-refractivity contribution in [2.45, 2.75) is 39.8 Å². The molecule has 0 saturated heterocycles. The summed E-state index contributed by atoms with van der Waals surface area (Å²) in [7, 11) is -3.95. The summed E-state index contributed by atoms with van der Waals surface area (Å²) in [6.07, 6.45) is 1.43. The standard InChI is InChI=1S/C14H22N2O3P/c1-10(2)16-9-14(20(17,18)19-11(3)4)12-7-5-6-8-13(12)15-16/h5-11,17-18,20H,1-4H3/q+1. The van der Waals surface area contributed by atoms with Crippen molar-refractivity contribution in [3.8, 4) is 0 Å². The maximum atomic E-state index is 10.4. The number of nitrogens with zero attached hydrogens (tertiary/aromatic N) is 2. The summed E-state index contributed by atoms with van der Waals surface area (Å²) < 4.78 is 7.11. The van der Waals surface area contributed by atoms with E-state index in [9.17, 15) is 9.79 Å². The topological polar surface area (TPSA) is 66.5 Å². The van der Waals surface area contributed by atoms with Gasteiger partial charge in [-0.2, -0.15) is 0 Å². The molecular weight excluding hydrogens is 275 g/mol. The monoisotopic (exact) mass is 297 g/mol. The predicted molar refractivity (Wildman–Crippen MR) is 80.9 cm³/mol. The quantitative estimate of drug-likeness (QED) is 0.665. The van der Waals surface area contributed by atoms with Crippen LogP contribution in [0.4, 0.5) is 0 Å². The van der Waals surface area contributed by atoms with Crippen molar-refractivity contribution in [3.05, 3.63) is 30.5 Å². The third-order valence-corrected chi connectivity index (χ3v) is 4.86. The number of hydrogen-bond donors (Lipinski definition) is 2. The van der Waals surface area contributed by atoms with Crippen LogP contribution in [0, 0.1) is 0 Å². The van der Waals surface area contributed by atoms with Gasteiger partial charge in [0.25, 0.3) is 0 Å². The molecule has 2 N–H and O–H groups in total. The van der Waals surface area contributed by atoms with Gasteiger partial charge in [-0.1, -0.05) is 0 Å². The molecule has 1 heterocycles. The average Bonchev–Trinajstić information content (AvgIpc) is 2.35. The molecule has 0 saturated carbocycles. The molecule has 0 atom stereocenters. The summed E-state index contributed by atoms with van der Waals surface area (Å²) in [6, 6.07) is 7.55. The molecule has 5 nitrogen and oxygen atoms in total. The zero-order chi connectivity index (χ0) is 14.9. The van der Waals surface area contributed by atoms with Gasteiger partial charge in [-0.15, -0.1) is 0 Å². The van der Waals surface area contributed by atoms with Crippen LogP contribution in [-0.4, -0.2) is 21.0 Å². The number of fused-ring (bicyclic) bond motifs is 1. The van der Waals surface area contributed by atoms with Gasteiger partial charge in [0.1, 0.15) is 0 Å². The second-order valence-electron chi connectivity index (χ2n) is 5.41. The molecule has 2 rings (SSSR count). The van der Waals surface area contributed by atoms with Crippen molar-refractivity contribution < 1.29 is 19.0 Å². The molecule has 0 aliphatic rings. The van der Waals surface area contributed by atoms with E-state index in [-0.39, 0.29) is 12.1 Å². The molecule has 0 aliphatic carbocycles. The van der Waals surface area contributed by atoms with E-state index in [2.05, 4.69) is 5.10 Å². The Labute approximate surface area is 119 Å². The first-order chi connectivity index (χ1) is 9.31. The Morgan fingerprint density at radius 3 is 2.40 bits per heavy atom. The number of benzene rings is 1. The van der Waals surface area contributed by atoms with Crippen LogP contribution in [0.1, 0.15) is 33.7 Å². The molecule has 0 spiro atoms. The first kappa shape index (κ1) is 15.3. The minimum atomic E-state index is -3.95. The molecule has 20 heavy (non-hydrogen) atoms. The van der Waals surface area contributed by atoms with Crippen LogP contribution >= 0.6 is 7.94 Å².